The third-order valence-electron chi connectivity index (χ3n) is 6.22. The largest absolute Gasteiger partial charge is 0.383 e. The van der Waals surface area contributed by atoms with Crippen molar-refractivity contribution in [1.82, 2.24) is 24.3 Å². The highest BCUT2D eigenvalue weighted by Crippen LogP contribution is 2.43. The summed E-state index contributed by atoms with van der Waals surface area (Å²) in [7, 11) is 0. The summed E-state index contributed by atoms with van der Waals surface area (Å²) in [6, 6.07) is 7.05. The summed E-state index contributed by atoms with van der Waals surface area (Å²) in [5, 5.41) is 5.44. The van der Waals surface area contributed by atoms with Gasteiger partial charge < -0.3 is 10.3 Å². The highest BCUT2D eigenvalue weighted by molar-refractivity contribution is 6.02. The van der Waals surface area contributed by atoms with Crippen LogP contribution >= 0.6 is 0 Å². The lowest BCUT2D eigenvalue weighted by Gasteiger charge is -2.06. The van der Waals surface area contributed by atoms with E-state index in [1.807, 2.05) is 10.8 Å². The van der Waals surface area contributed by atoms with Crippen LogP contribution in [0.25, 0.3) is 33.1 Å². The normalized spacial score (nSPS) is 13.9. The van der Waals surface area contributed by atoms with E-state index in [0.717, 1.165) is 18.9 Å². The Labute approximate surface area is 186 Å². The van der Waals surface area contributed by atoms with Gasteiger partial charge in [0.2, 0.25) is 0 Å². The van der Waals surface area contributed by atoms with Gasteiger partial charge >= 0.3 is 0 Å². The zero-order valence-electron chi connectivity index (χ0n) is 17.7. The maximum atomic E-state index is 15.9. The van der Waals surface area contributed by atoms with Gasteiger partial charge in [-0.25, -0.2) is 23.1 Å². The lowest BCUT2D eigenvalue weighted by molar-refractivity contribution is 0.573. The molecule has 9 heteroatoms. The topological polar surface area (TPSA) is 74.6 Å². The number of hydrogen-bond acceptors (Lipinski definition) is 4. The second kappa shape index (κ2) is 7.06. The minimum atomic E-state index is -0.667. The molecule has 6 rings (SSSR count). The number of anilines is 1. The molecule has 33 heavy (non-hydrogen) atoms. The Bertz CT molecular complexity index is 1540. The minimum Gasteiger partial charge on any atom is -0.383 e. The Morgan fingerprint density at radius 3 is 2.48 bits per heavy atom. The molecule has 3 aromatic heterocycles. The van der Waals surface area contributed by atoms with Crippen LogP contribution in [0.3, 0.4) is 0 Å². The maximum Gasteiger partial charge on any atom is 0.146 e. The van der Waals surface area contributed by atoms with Crippen LogP contribution in [0.15, 0.2) is 42.9 Å². The lowest BCUT2D eigenvalue weighted by atomic mass is 10.0. The highest BCUT2D eigenvalue weighted by atomic mass is 19.1. The lowest BCUT2D eigenvalue weighted by Crippen LogP contribution is -2.04. The van der Waals surface area contributed by atoms with Crippen LogP contribution in [0.5, 0.6) is 0 Å². The van der Waals surface area contributed by atoms with E-state index in [-0.39, 0.29) is 6.54 Å². The average Bonchev–Trinajstić information content (AvgIpc) is 3.46. The Balaban J connectivity index is 1.51. The molecule has 0 amide bonds. The first-order chi connectivity index (χ1) is 15.9. The van der Waals surface area contributed by atoms with Crippen LogP contribution in [-0.4, -0.2) is 24.3 Å². The van der Waals surface area contributed by atoms with Crippen molar-refractivity contribution in [1.29, 1.82) is 0 Å². The van der Waals surface area contributed by atoms with E-state index in [0.29, 0.717) is 56.2 Å². The number of benzene rings is 2. The first-order valence-corrected chi connectivity index (χ1v) is 10.6. The smallest absolute Gasteiger partial charge is 0.146 e. The van der Waals surface area contributed by atoms with Crippen LogP contribution in [0.4, 0.5) is 19.0 Å². The van der Waals surface area contributed by atoms with Crippen LogP contribution in [-0.2, 0) is 6.54 Å². The van der Waals surface area contributed by atoms with Crippen LogP contribution < -0.4 is 5.73 Å². The molecule has 2 N–H and O–H groups in total. The number of halogens is 3. The Kier molecular flexibility index (Phi) is 4.23. The van der Waals surface area contributed by atoms with Crippen molar-refractivity contribution in [3.8, 4) is 11.1 Å². The van der Waals surface area contributed by atoms with Gasteiger partial charge in [-0.1, -0.05) is 0 Å². The molecule has 1 aliphatic carbocycles. The second-order valence-corrected chi connectivity index (χ2v) is 8.48. The first kappa shape index (κ1) is 19.8. The monoisotopic (exact) mass is 448 g/mol. The fourth-order valence-electron chi connectivity index (χ4n) is 4.51. The van der Waals surface area contributed by atoms with E-state index in [2.05, 4.69) is 15.1 Å². The Morgan fingerprint density at radius 2 is 1.76 bits per heavy atom. The van der Waals surface area contributed by atoms with E-state index < -0.39 is 17.5 Å². The number of nitrogens with two attached hydrogens (primary N) is 1. The van der Waals surface area contributed by atoms with E-state index in [1.54, 1.807) is 23.7 Å². The van der Waals surface area contributed by atoms with Crippen molar-refractivity contribution in [2.75, 3.05) is 5.73 Å². The van der Waals surface area contributed by atoms with Gasteiger partial charge in [-0.15, -0.1) is 0 Å². The molecule has 1 saturated carbocycles. The summed E-state index contributed by atoms with van der Waals surface area (Å²) < 4.78 is 46.7. The first-order valence-electron chi connectivity index (χ1n) is 10.6. The standard InChI is InChI=1S/C24H19F3N6/c1-12-20-19(31-33(12)9-13-6-14(25)8-15(26)7-13)5-4-17(22(20)27)18-10-32(16-2-3-16)24-21(18)23(28)29-11-30-24/h4-8,10-11,16H,2-3,9H2,1H3,(H2,28,29,30). The molecule has 2 aromatic carbocycles. The van der Waals surface area contributed by atoms with Gasteiger partial charge in [-0.2, -0.15) is 5.10 Å². The van der Waals surface area contributed by atoms with Crippen molar-refractivity contribution in [2.45, 2.75) is 32.4 Å². The van der Waals surface area contributed by atoms with Gasteiger partial charge in [-0.05, 0) is 49.6 Å². The molecule has 0 spiro atoms. The summed E-state index contributed by atoms with van der Waals surface area (Å²) in [5.41, 5.74) is 9.30. The molecule has 3 heterocycles. The van der Waals surface area contributed by atoms with Crippen LogP contribution in [0.1, 0.15) is 30.1 Å². The third kappa shape index (κ3) is 3.14. The van der Waals surface area contributed by atoms with Crippen LogP contribution in [0.2, 0.25) is 0 Å². The molecular weight excluding hydrogens is 429 g/mol. The summed E-state index contributed by atoms with van der Waals surface area (Å²) in [6.07, 6.45) is 5.40. The number of aryl methyl sites for hydroxylation is 1. The summed E-state index contributed by atoms with van der Waals surface area (Å²) in [5.74, 6) is -1.46. The van der Waals surface area contributed by atoms with Crippen molar-refractivity contribution < 1.29 is 13.2 Å². The fraction of sp³-hybridized carbons (Fsp3) is 0.208. The molecule has 6 nitrogen and oxygen atoms in total. The predicted molar refractivity (Wildman–Crippen MR) is 119 cm³/mol. The fourth-order valence-corrected chi connectivity index (χ4v) is 4.51. The van der Waals surface area contributed by atoms with Gasteiger partial charge in [0.05, 0.1) is 22.8 Å². The van der Waals surface area contributed by atoms with E-state index in [1.165, 1.54) is 18.5 Å². The van der Waals surface area contributed by atoms with Crippen molar-refractivity contribution in [3.63, 3.8) is 0 Å². The van der Waals surface area contributed by atoms with Crippen molar-refractivity contribution in [3.05, 3.63) is 71.6 Å². The Hall–Kier alpha value is -3.88. The van der Waals surface area contributed by atoms with Gasteiger partial charge in [0.25, 0.3) is 0 Å². The molecule has 0 bridgehead atoms. The molecule has 0 aliphatic heterocycles. The molecule has 0 atom stereocenters. The summed E-state index contributed by atoms with van der Waals surface area (Å²) in [6.45, 7) is 1.86. The zero-order chi connectivity index (χ0) is 22.9. The quantitative estimate of drug-likeness (QED) is 0.413. The molecule has 1 fully saturated rings. The third-order valence-corrected chi connectivity index (χ3v) is 6.22. The molecule has 0 saturated heterocycles. The summed E-state index contributed by atoms with van der Waals surface area (Å²) in [4.78, 5) is 8.51. The van der Waals surface area contributed by atoms with Gasteiger partial charge in [0.15, 0.2) is 0 Å². The maximum absolute atomic E-state index is 15.9. The molecular formula is C24H19F3N6. The van der Waals surface area contributed by atoms with Gasteiger partial charge in [0.1, 0.15) is 35.2 Å². The minimum absolute atomic E-state index is 0.117. The average molecular weight is 448 g/mol. The van der Waals surface area contributed by atoms with E-state index in [4.69, 9.17) is 5.73 Å². The zero-order valence-corrected chi connectivity index (χ0v) is 17.7. The molecule has 166 valence electrons. The number of nitrogen functional groups attached to an aromatic ring is 1. The number of fused-ring (bicyclic) bond motifs is 2. The molecule has 1 aliphatic rings. The van der Waals surface area contributed by atoms with E-state index in [9.17, 15) is 8.78 Å². The number of aromatic nitrogens is 5. The van der Waals surface area contributed by atoms with E-state index >= 15 is 4.39 Å². The van der Waals surface area contributed by atoms with Crippen molar-refractivity contribution in [2.24, 2.45) is 0 Å². The van der Waals surface area contributed by atoms with Crippen molar-refractivity contribution >= 4 is 27.8 Å². The number of rotatable bonds is 4. The number of hydrogen-bond donors (Lipinski definition) is 1. The molecule has 0 radical (unpaired) electrons. The predicted octanol–water partition coefficient (Wildman–Crippen LogP) is 5.14. The van der Waals surface area contributed by atoms with Crippen LogP contribution in [0, 0.1) is 24.4 Å². The van der Waals surface area contributed by atoms with Gasteiger partial charge in [-0.3, -0.25) is 4.68 Å². The highest BCUT2D eigenvalue weighted by Gasteiger charge is 2.29. The molecule has 0 unspecified atom stereocenters. The Morgan fingerprint density at radius 1 is 1.00 bits per heavy atom. The second-order valence-electron chi connectivity index (χ2n) is 8.48. The summed E-state index contributed by atoms with van der Waals surface area (Å²) >= 11 is 0. The number of nitrogens with zero attached hydrogens (tertiary/aromatic N) is 5. The SMILES string of the molecule is Cc1c2c(F)c(-c3cn(C4CC4)c4ncnc(N)c34)ccc2nn1Cc1cc(F)cc(F)c1. The van der Waals surface area contributed by atoms with Gasteiger partial charge in [0, 0.05) is 35.1 Å². The molecule has 5 aromatic rings.